The standard InChI is InChI=1S/C14H17NO3/c1-3-17-13-12(9-18-14(13)16)15-10(2)11-7-5-4-6-8-11/h4-10,13,15H,3H2,1-2H3. The van der Waals surface area contributed by atoms with Crippen LogP contribution in [0.15, 0.2) is 42.3 Å². The lowest BCUT2D eigenvalue weighted by Crippen LogP contribution is -2.31. The molecule has 0 spiro atoms. The van der Waals surface area contributed by atoms with E-state index in [1.54, 1.807) is 0 Å². The van der Waals surface area contributed by atoms with Crippen molar-refractivity contribution in [3.63, 3.8) is 0 Å². The zero-order chi connectivity index (χ0) is 13.0. The number of benzene rings is 1. The van der Waals surface area contributed by atoms with E-state index in [1.807, 2.05) is 44.2 Å². The van der Waals surface area contributed by atoms with E-state index in [-0.39, 0.29) is 12.0 Å². The van der Waals surface area contributed by atoms with Gasteiger partial charge in [-0.3, -0.25) is 0 Å². The fourth-order valence-electron chi connectivity index (χ4n) is 1.88. The summed E-state index contributed by atoms with van der Waals surface area (Å²) >= 11 is 0. The van der Waals surface area contributed by atoms with Gasteiger partial charge in [0.1, 0.15) is 6.26 Å². The van der Waals surface area contributed by atoms with Crippen molar-refractivity contribution >= 4 is 5.97 Å². The van der Waals surface area contributed by atoms with E-state index in [1.165, 1.54) is 6.26 Å². The van der Waals surface area contributed by atoms with Crippen molar-refractivity contribution in [1.82, 2.24) is 5.32 Å². The summed E-state index contributed by atoms with van der Waals surface area (Å²) in [6.45, 7) is 4.35. The maximum atomic E-state index is 11.5. The molecule has 0 saturated carbocycles. The van der Waals surface area contributed by atoms with Gasteiger partial charge in [0.05, 0.1) is 5.70 Å². The molecule has 0 fully saturated rings. The van der Waals surface area contributed by atoms with Crippen LogP contribution in [-0.2, 0) is 14.3 Å². The normalized spacial score (nSPS) is 20.2. The Balaban J connectivity index is 2.03. The molecule has 4 nitrogen and oxygen atoms in total. The van der Waals surface area contributed by atoms with Crippen molar-refractivity contribution in [2.45, 2.75) is 26.0 Å². The smallest absolute Gasteiger partial charge is 0.346 e. The minimum Gasteiger partial charge on any atom is -0.430 e. The minimum atomic E-state index is -0.624. The van der Waals surface area contributed by atoms with Crippen LogP contribution < -0.4 is 5.32 Å². The van der Waals surface area contributed by atoms with Crippen LogP contribution in [0.1, 0.15) is 25.5 Å². The highest BCUT2D eigenvalue weighted by molar-refractivity contribution is 5.81. The lowest BCUT2D eigenvalue weighted by atomic mass is 10.1. The molecule has 1 aliphatic rings. The fourth-order valence-corrected chi connectivity index (χ4v) is 1.88. The summed E-state index contributed by atoms with van der Waals surface area (Å²) in [4.78, 5) is 11.5. The van der Waals surface area contributed by atoms with Crippen LogP contribution >= 0.6 is 0 Å². The van der Waals surface area contributed by atoms with Crippen LogP contribution in [0.5, 0.6) is 0 Å². The molecule has 0 aromatic heterocycles. The second-order valence-electron chi connectivity index (χ2n) is 4.12. The highest BCUT2D eigenvalue weighted by atomic mass is 16.6. The molecule has 0 aliphatic carbocycles. The van der Waals surface area contributed by atoms with Crippen LogP contribution in [-0.4, -0.2) is 18.7 Å². The van der Waals surface area contributed by atoms with Crippen LogP contribution in [0.2, 0.25) is 0 Å². The number of hydrogen-bond acceptors (Lipinski definition) is 4. The van der Waals surface area contributed by atoms with Crippen LogP contribution in [0.4, 0.5) is 0 Å². The SMILES string of the molecule is CCOC1C(=O)OC=C1NC(C)c1ccccc1. The summed E-state index contributed by atoms with van der Waals surface area (Å²) in [7, 11) is 0. The van der Waals surface area contributed by atoms with E-state index in [2.05, 4.69) is 5.32 Å². The molecule has 1 aliphatic heterocycles. The molecule has 96 valence electrons. The van der Waals surface area contributed by atoms with Gasteiger partial charge in [0.25, 0.3) is 0 Å². The van der Waals surface area contributed by atoms with Crippen molar-refractivity contribution in [2.24, 2.45) is 0 Å². The lowest BCUT2D eigenvalue weighted by molar-refractivity contribution is -0.145. The first-order valence-electron chi connectivity index (χ1n) is 6.06. The molecule has 1 heterocycles. The van der Waals surface area contributed by atoms with Crippen LogP contribution in [0, 0.1) is 0 Å². The minimum absolute atomic E-state index is 0.0925. The Morgan fingerprint density at radius 1 is 1.39 bits per heavy atom. The lowest BCUT2D eigenvalue weighted by Gasteiger charge is -2.19. The fraction of sp³-hybridized carbons (Fsp3) is 0.357. The van der Waals surface area contributed by atoms with Gasteiger partial charge in [-0.2, -0.15) is 0 Å². The van der Waals surface area contributed by atoms with Crippen LogP contribution in [0.25, 0.3) is 0 Å². The average Bonchev–Trinajstić information content (AvgIpc) is 2.73. The number of cyclic esters (lactones) is 1. The third-order valence-corrected chi connectivity index (χ3v) is 2.81. The van der Waals surface area contributed by atoms with Gasteiger partial charge in [-0.05, 0) is 19.4 Å². The van der Waals surface area contributed by atoms with Gasteiger partial charge in [-0.1, -0.05) is 30.3 Å². The Kier molecular flexibility index (Phi) is 3.99. The first-order chi connectivity index (χ1) is 8.72. The zero-order valence-corrected chi connectivity index (χ0v) is 10.6. The third-order valence-electron chi connectivity index (χ3n) is 2.81. The van der Waals surface area contributed by atoms with E-state index in [9.17, 15) is 4.79 Å². The van der Waals surface area contributed by atoms with Gasteiger partial charge < -0.3 is 14.8 Å². The maximum Gasteiger partial charge on any atom is 0.346 e. The van der Waals surface area contributed by atoms with Crippen molar-refractivity contribution in [3.05, 3.63) is 47.9 Å². The highest BCUT2D eigenvalue weighted by Crippen LogP contribution is 2.19. The second-order valence-corrected chi connectivity index (χ2v) is 4.12. The molecular formula is C14H17NO3. The zero-order valence-electron chi connectivity index (χ0n) is 10.6. The first-order valence-corrected chi connectivity index (χ1v) is 6.06. The molecule has 4 heteroatoms. The molecular weight excluding hydrogens is 230 g/mol. The van der Waals surface area contributed by atoms with E-state index in [4.69, 9.17) is 9.47 Å². The first kappa shape index (κ1) is 12.6. The van der Waals surface area contributed by atoms with E-state index < -0.39 is 6.10 Å². The number of nitrogens with one attached hydrogen (secondary N) is 1. The molecule has 1 aromatic rings. The average molecular weight is 247 g/mol. The topological polar surface area (TPSA) is 47.6 Å². The molecule has 1 aromatic carbocycles. The molecule has 2 atom stereocenters. The maximum absolute atomic E-state index is 11.5. The van der Waals surface area contributed by atoms with Gasteiger partial charge in [0.2, 0.25) is 0 Å². The molecule has 1 N–H and O–H groups in total. The van der Waals surface area contributed by atoms with Crippen molar-refractivity contribution in [3.8, 4) is 0 Å². The summed E-state index contributed by atoms with van der Waals surface area (Å²) in [6, 6.07) is 10.1. The van der Waals surface area contributed by atoms with Gasteiger partial charge in [0, 0.05) is 12.6 Å². The number of esters is 1. The monoisotopic (exact) mass is 247 g/mol. The molecule has 2 rings (SSSR count). The number of carbonyl (C=O) groups is 1. The van der Waals surface area contributed by atoms with Gasteiger partial charge >= 0.3 is 5.97 Å². The molecule has 0 radical (unpaired) electrons. The molecule has 18 heavy (non-hydrogen) atoms. The summed E-state index contributed by atoms with van der Waals surface area (Å²) in [5.41, 5.74) is 1.83. The number of rotatable bonds is 5. The Bertz CT molecular complexity index is 442. The molecule has 0 amide bonds. The van der Waals surface area contributed by atoms with E-state index in [0.717, 1.165) is 5.56 Å². The summed E-state index contributed by atoms with van der Waals surface area (Å²) in [6.07, 6.45) is 0.809. The summed E-state index contributed by atoms with van der Waals surface area (Å²) < 4.78 is 10.2. The Morgan fingerprint density at radius 3 is 2.78 bits per heavy atom. The molecule has 0 bridgehead atoms. The van der Waals surface area contributed by atoms with Gasteiger partial charge in [-0.15, -0.1) is 0 Å². The van der Waals surface area contributed by atoms with Crippen LogP contribution in [0.3, 0.4) is 0 Å². The van der Waals surface area contributed by atoms with Gasteiger partial charge in [-0.25, -0.2) is 4.79 Å². The van der Waals surface area contributed by atoms with Gasteiger partial charge in [0.15, 0.2) is 6.10 Å². The Morgan fingerprint density at radius 2 is 2.11 bits per heavy atom. The quantitative estimate of drug-likeness (QED) is 0.810. The molecule has 0 saturated heterocycles. The predicted octanol–water partition coefficient (Wildman–Crippen LogP) is 2.14. The summed E-state index contributed by atoms with van der Waals surface area (Å²) in [5.74, 6) is -0.361. The van der Waals surface area contributed by atoms with Crippen molar-refractivity contribution in [2.75, 3.05) is 6.61 Å². The largest absolute Gasteiger partial charge is 0.430 e. The third kappa shape index (κ3) is 2.71. The van der Waals surface area contributed by atoms with E-state index in [0.29, 0.717) is 12.3 Å². The Hall–Kier alpha value is -1.81. The number of hydrogen-bond donors (Lipinski definition) is 1. The second kappa shape index (κ2) is 5.69. The van der Waals surface area contributed by atoms with Crippen molar-refractivity contribution < 1.29 is 14.3 Å². The number of carbonyl (C=O) groups excluding carboxylic acids is 1. The summed E-state index contributed by atoms with van der Waals surface area (Å²) in [5, 5.41) is 3.25. The highest BCUT2D eigenvalue weighted by Gasteiger charge is 2.31. The van der Waals surface area contributed by atoms with Crippen molar-refractivity contribution in [1.29, 1.82) is 0 Å². The Labute approximate surface area is 107 Å². The predicted molar refractivity (Wildman–Crippen MR) is 67.6 cm³/mol. The number of ether oxygens (including phenoxy) is 2. The van der Waals surface area contributed by atoms with E-state index >= 15 is 0 Å². The molecule has 2 unspecified atom stereocenters.